The zero-order valence-corrected chi connectivity index (χ0v) is 10.9. The number of rotatable bonds is 2. The highest BCUT2D eigenvalue weighted by Gasteiger charge is 2.43. The zero-order valence-electron chi connectivity index (χ0n) is 10.9. The normalized spacial score (nSPS) is 38.0. The van der Waals surface area contributed by atoms with Crippen LogP contribution >= 0.6 is 0 Å². The summed E-state index contributed by atoms with van der Waals surface area (Å²) in [5.74, 6) is 0. The molecule has 2 aliphatic rings. The molecule has 0 bridgehead atoms. The number of fused-ring (bicyclic) bond motifs is 1. The highest BCUT2D eigenvalue weighted by Crippen LogP contribution is 2.31. The Kier molecular flexibility index (Phi) is 4.30. The first kappa shape index (κ1) is 13.9. The van der Waals surface area contributed by atoms with Crippen molar-refractivity contribution in [2.24, 2.45) is 0 Å². The van der Waals surface area contributed by atoms with Crippen molar-refractivity contribution < 1.29 is 29.2 Å². The summed E-state index contributed by atoms with van der Waals surface area (Å²) in [4.78, 5) is 0. The summed E-state index contributed by atoms with van der Waals surface area (Å²) in [6, 6.07) is 9.50. The Labute approximate surface area is 116 Å². The fraction of sp³-hybridized carbons (Fsp3) is 0.571. The van der Waals surface area contributed by atoms with Crippen LogP contribution in [0.5, 0.6) is 0 Å². The molecule has 110 valence electrons. The van der Waals surface area contributed by atoms with Crippen molar-refractivity contribution in [3.63, 3.8) is 0 Å². The number of aliphatic hydroxyl groups excluding tert-OH is 2. The van der Waals surface area contributed by atoms with Crippen LogP contribution in [0.3, 0.4) is 0 Å². The van der Waals surface area contributed by atoms with Crippen LogP contribution in [-0.4, -0.2) is 54.6 Å². The van der Waals surface area contributed by atoms with Gasteiger partial charge in [-0.2, -0.15) is 0 Å². The van der Waals surface area contributed by atoms with Gasteiger partial charge in [0, 0.05) is 5.56 Å². The summed E-state index contributed by atoms with van der Waals surface area (Å²) in [5.41, 5.74) is 0.879. The van der Waals surface area contributed by atoms with Gasteiger partial charge in [-0.1, -0.05) is 30.3 Å². The second kappa shape index (κ2) is 6.17. The van der Waals surface area contributed by atoms with Crippen LogP contribution in [0.25, 0.3) is 0 Å². The fourth-order valence-electron chi connectivity index (χ4n) is 2.46. The predicted molar refractivity (Wildman–Crippen MR) is 67.7 cm³/mol. The third-order valence-corrected chi connectivity index (χ3v) is 3.59. The van der Waals surface area contributed by atoms with E-state index < -0.39 is 30.7 Å². The van der Waals surface area contributed by atoms with Gasteiger partial charge in [0.2, 0.25) is 0 Å². The lowest BCUT2D eigenvalue weighted by molar-refractivity contribution is -0.279. The van der Waals surface area contributed by atoms with Gasteiger partial charge in [0.05, 0.1) is 13.2 Å². The van der Waals surface area contributed by atoms with Crippen LogP contribution in [0.2, 0.25) is 0 Å². The molecule has 2 N–H and O–H groups in total. The number of aliphatic hydroxyl groups is 2. The van der Waals surface area contributed by atoms with E-state index in [0.717, 1.165) is 5.56 Å². The third kappa shape index (κ3) is 2.71. The maximum atomic E-state index is 10.3. The van der Waals surface area contributed by atoms with E-state index in [-0.39, 0.29) is 13.4 Å². The molecule has 0 amide bonds. The molecule has 6 heteroatoms. The highest BCUT2D eigenvalue weighted by atomic mass is 16.7. The van der Waals surface area contributed by atoms with Crippen molar-refractivity contribution in [3.05, 3.63) is 35.9 Å². The van der Waals surface area contributed by atoms with Gasteiger partial charge < -0.3 is 29.2 Å². The highest BCUT2D eigenvalue weighted by molar-refractivity contribution is 5.16. The molecule has 2 heterocycles. The van der Waals surface area contributed by atoms with Crippen molar-refractivity contribution >= 4 is 0 Å². The maximum Gasteiger partial charge on any atom is 0.184 e. The summed E-state index contributed by atoms with van der Waals surface area (Å²) in [5, 5.41) is 19.5. The van der Waals surface area contributed by atoms with Crippen LogP contribution in [0.1, 0.15) is 11.9 Å². The molecule has 3 rings (SSSR count). The Balaban J connectivity index is 1.76. The second-order valence-electron chi connectivity index (χ2n) is 4.88. The van der Waals surface area contributed by atoms with Gasteiger partial charge >= 0.3 is 0 Å². The average Bonchev–Trinajstić information content (AvgIpc) is 2.67. The van der Waals surface area contributed by atoms with E-state index >= 15 is 0 Å². The van der Waals surface area contributed by atoms with Crippen molar-refractivity contribution in [1.82, 2.24) is 0 Å². The maximum absolute atomic E-state index is 10.3. The first-order valence-corrected chi connectivity index (χ1v) is 6.63. The monoisotopic (exact) mass is 282 g/mol. The van der Waals surface area contributed by atoms with Crippen LogP contribution in [-0.2, 0) is 18.9 Å². The van der Waals surface area contributed by atoms with E-state index in [0.29, 0.717) is 6.61 Å². The van der Waals surface area contributed by atoms with E-state index in [2.05, 4.69) is 0 Å². The molecule has 0 aliphatic carbocycles. The average molecular weight is 282 g/mol. The van der Waals surface area contributed by atoms with Gasteiger partial charge in [0.25, 0.3) is 0 Å². The van der Waals surface area contributed by atoms with Gasteiger partial charge in [-0.3, -0.25) is 0 Å². The zero-order chi connectivity index (χ0) is 13.9. The molecule has 1 unspecified atom stereocenters. The molecule has 5 atom stereocenters. The van der Waals surface area contributed by atoms with E-state index in [1.165, 1.54) is 0 Å². The molecule has 0 spiro atoms. The molecule has 2 fully saturated rings. The number of benzene rings is 1. The van der Waals surface area contributed by atoms with E-state index in [4.69, 9.17) is 18.9 Å². The molecule has 2 aliphatic heterocycles. The summed E-state index contributed by atoms with van der Waals surface area (Å²) < 4.78 is 22.1. The van der Waals surface area contributed by atoms with Gasteiger partial charge in [-0.25, -0.2) is 0 Å². The molecule has 0 aromatic heterocycles. The molecule has 6 nitrogen and oxygen atoms in total. The Morgan fingerprint density at radius 3 is 2.65 bits per heavy atom. The Bertz CT molecular complexity index is 425. The molecule has 2 saturated heterocycles. The van der Waals surface area contributed by atoms with E-state index in [1.807, 2.05) is 30.3 Å². The standard InChI is InChI=1S/C14H18O6/c15-6-10-12(16)13-11(19-8-18-10)7-17-14(20-13)9-4-2-1-3-5-9/h1-5,10-16H,6-8H2/t10-,11-,12-,13-,14?/m1/s1. The SMILES string of the molecule is OC[C@H]1OCO[C@@H]2COC(c3ccccc3)O[C@H]2[C@@H]1O. The van der Waals surface area contributed by atoms with Gasteiger partial charge in [0.1, 0.15) is 31.2 Å². The lowest BCUT2D eigenvalue weighted by atomic mass is 10.0. The molecule has 1 aromatic rings. The quantitative estimate of drug-likeness (QED) is 0.806. The molecule has 0 saturated carbocycles. The lowest BCUT2D eigenvalue weighted by Crippen LogP contribution is -2.51. The number of ether oxygens (including phenoxy) is 4. The molecule has 1 aromatic carbocycles. The Morgan fingerprint density at radius 2 is 1.90 bits per heavy atom. The first-order chi connectivity index (χ1) is 9.79. The second-order valence-corrected chi connectivity index (χ2v) is 4.88. The van der Waals surface area contributed by atoms with Crippen LogP contribution in [0.4, 0.5) is 0 Å². The van der Waals surface area contributed by atoms with Crippen molar-refractivity contribution in [2.75, 3.05) is 20.0 Å². The molecule has 0 radical (unpaired) electrons. The smallest absolute Gasteiger partial charge is 0.184 e. The van der Waals surface area contributed by atoms with Crippen molar-refractivity contribution in [2.45, 2.75) is 30.7 Å². The van der Waals surface area contributed by atoms with Gasteiger partial charge in [-0.15, -0.1) is 0 Å². The number of hydrogen-bond acceptors (Lipinski definition) is 6. The lowest BCUT2D eigenvalue weighted by Gasteiger charge is -2.37. The molecule has 20 heavy (non-hydrogen) atoms. The largest absolute Gasteiger partial charge is 0.394 e. The molecular weight excluding hydrogens is 264 g/mol. The van der Waals surface area contributed by atoms with E-state index in [9.17, 15) is 10.2 Å². The summed E-state index contributed by atoms with van der Waals surface area (Å²) >= 11 is 0. The van der Waals surface area contributed by atoms with Gasteiger partial charge in [0.15, 0.2) is 6.29 Å². The van der Waals surface area contributed by atoms with E-state index in [1.54, 1.807) is 0 Å². The fourth-order valence-corrected chi connectivity index (χ4v) is 2.46. The topological polar surface area (TPSA) is 77.4 Å². The summed E-state index contributed by atoms with van der Waals surface area (Å²) in [7, 11) is 0. The van der Waals surface area contributed by atoms with Crippen LogP contribution < -0.4 is 0 Å². The van der Waals surface area contributed by atoms with Crippen molar-refractivity contribution in [3.8, 4) is 0 Å². The van der Waals surface area contributed by atoms with Crippen LogP contribution in [0.15, 0.2) is 30.3 Å². The number of hydrogen-bond donors (Lipinski definition) is 2. The summed E-state index contributed by atoms with van der Waals surface area (Å²) in [6.07, 6.45) is -3.20. The van der Waals surface area contributed by atoms with Crippen molar-refractivity contribution in [1.29, 1.82) is 0 Å². The summed E-state index contributed by atoms with van der Waals surface area (Å²) in [6.45, 7) is 0.0307. The Hall–Kier alpha value is -1.02. The predicted octanol–water partition coefficient (Wildman–Crippen LogP) is 0.195. The van der Waals surface area contributed by atoms with Crippen LogP contribution in [0, 0.1) is 0 Å². The Morgan fingerprint density at radius 1 is 1.10 bits per heavy atom. The minimum Gasteiger partial charge on any atom is -0.394 e. The molecular formula is C14H18O6. The van der Waals surface area contributed by atoms with Gasteiger partial charge in [-0.05, 0) is 0 Å². The third-order valence-electron chi connectivity index (χ3n) is 3.59. The minimum atomic E-state index is -0.956. The first-order valence-electron chi connectivity index (χ1n) is 6.63. The minimum absolute atomic E-state index is 0.00613.